The number of aryl methyl sites for hydroxylation is 2. The number of hydrogen-bond acceptors (Lipinski definition) is 2. The van der Waals surface area contributed by atoms with Crippen LogP contribution < -0.4 is 5.73 Å². The first-order chi connectivity index (χ1) is 7.66. The first-order valence-corrected chi connectivity index (χ1v) is 5.46. The number of hydrogen-bond donors (Lipinski definition) is 1. The lowest BCUT2D eigenvalue weighted by molar-refractivity contribution is 0.565. The number of imidazole rings is 1. The highest BCUT2D eigenvalue weighted by Gasteiger charge is 2.07. The van der Waals surface area contributed by atoms with Crippen molar-refractivity contribution in [3.05, 3.63) is 53.6 Å². The molecule has 3 nitrogen and oxygen atoms in total. The van der Waals surface area contributed by atoms with Crippen molar-refractivity contribution in [1.29, 1.82) is 0 Å². The van der Waals surface area contributed by atoms with Crippen molar-refractivity contribution in [3.8, 4) is 0 Å². The predicted octanol–water partition coefficient (Wildman–Crippen LogP) is 2.20. The van der Waals surface area contributed by atoms with Gasteiger partial charge in [-0.15, -0.1) is 0 Å². The van der Waals surface area contributed by atoms with Gasteiger partial charge in [0.1, 0.15) is 5.82 Å². The van der Waals surface area contributed by atoms with Gasteiger partial charge in [0, 0.05) is 25.0 Å². The van der Waals surface area contributed by atoms with E-state index in [1.807, 2.05) is 13.1 Å². The zero-order chi connectivity index (χ0) is 11.5. The summed E-state index contributed by atoms with van der Waals surface area (Å²) in [5, 5.41) is 0. The Balaban J connectivity index is 2.11. The van der Waals surface area contributed by atoms with E-state index in [9.17, 15) is 0 Å². The molecule has 0 saturated heterocycles. The maximum Gasteiger partial charge on any atom is 0.105 e. The van der Waals surface area contributed by atoms with Crippen molar-refractivity contribution in [2.75, 3.05) is 0 Å². The molecule has 0 aliphatic heterocycles. The smallest absolute Gasteiger partial charge is 0.105 e. The lowest BCUT2D eigenvalue weighted by Crippen LogP contribution is -2.17. The van der Waals surface area contributed by atoms with Gasteiger partial charge in [0.05, 0.1) is 0 Å². The van der Waals surface area contributed by atoms with E-state index in [0.717, 1.165) is 12.4 Å². The van der Waals surface area contributed by atoms with E-state index in [4.69, 9.17) is 5.73 Å². The number of benzene rings is 1. The van der Waals surface area contributed by atoms with Gasteiger partial charge in [-0.3, -0.25) is 0 Å². The van der Waals surface area contributed by atoms with E-state index in [0.29, 0.717) is 0 Å². The second-order valence-corrected chi connectivity index (χ2v) is 4.14. The summed E-state index contributed by atoms with van der Waals surface area (Å²) in [5.74, 6) is 1.00. The van der Waals surface area contributed by atoms with Gasteiger partial charge < -0.3 is 10.3 Å². The summed E-state index contributed by atoms with van der Waals surface area (Å²) in [6.45, 7) is 4.84. The van der Waals surface area contributed by atoms with Crippen LogP contribution in [0, 0.1) is 13.8 Å². The lowest BCUT2D eigenvalue weighted by Gasteiger charge is -2.14. The molecular weight excluding hydrogens is 198 g/mol. The average molecular weight is 215 g/mol. The molecule has 0 amide bonds. The van der Waals surface area contributed by atoms with Gasteiger partial charge in [-0.25, -0.2) is 4.98 Å². The van der Waals surface area contributed by atoms with Gasteiger partial charge in [0.15, 0.2) is 0 Å². The van der Waals surface area contributed by atoms with Crippen LogP contribution in [0.3, 0.4) is 0 Å². The van der Waals surface area contributed by atoms with E-state index in [1.54, 1.807) is 6.20 Å². The maximum atomic E-state index is 6.16. The third-order valence-electron chi connectivity index (χ3n) is 2.82. The topological polar surface area (TPSA) is 43.8 Å². The quantitative estimate of drug-likeness (QED) is 0.853. The second-order valence-electron chi connectivity index (χ2n) is 4.14. The van der Waals surface area contributed by atoms with Crippen LogP contribution in [-0.2, 0) is 6.54 Å². The van der Waals surface area contributed by atoms with Crippen molar-refractivity contribution < 1.29 is 0 Å². The largest absolute Gasteiger partial charge is 0.333 e. The Morgan fingerprint density at radius 3 is 2.50 bits per heavy atom. The van der Waals surface area contributed by atoms with Gasteiger partial charge in [-0.05, 0) is 19.4 Å². The Morgan fingerprint density at radius 2 is 1.94 bits per heavy atom. The SMILES string of the molecule is Cc1ccc(C(N)Cn2ccnc2C)cc1. The number of aromatic nitrogens is 2. The summed E-state index contributed by atoms with van der Waals surface area (Å²) in [5.41, 5.74) is 8.58. The molecule has 0 saturated carbocycles. The van der Waals surface area contributed by atoms with Crippen molar-refractivity contribution in [3.63, 3.8) is 0 Å². The molecular formula is C13H17N3. The van der Waals surface area contributed by atoms with Crippen molar-refractivity contribution in [2.45, 2.75) is 26.4 Å². The van der Waals surface area contributed by atoms with E-state index in [-0.39, 0.29) is 6.04 Å². The molecule has 1 aromatic carbocycles. The van der Waals surface area contributed by atoms with Crippen molar-refractivity contribution in [1.82, 2.24) is 9.55 Å². The molecule has 0 spiro atoms. The van der Waals surface area contributed by atoms with E-state index in [2.05, 4.69) is 40.7 Å². The molecule has 2 rings (SSSR count). The molecule has 0 aliphatic rings. The fraction of sp³-hybridized carbons (Fsp3) is 0.308. The van der Waals surface area contributed by atoms with Gasteiger partial charge in [-0.1, -0.05) is 29.8 Å². The van der Waals surface area contributed by atoms with E-state index >= 15 is 0 Å². The number of rotatable bonds is 3. The third kappa shape index (κ3) is 2.31. The molecule has 16 heavy (non-hydrogen) atoms. The molecule has 0 radical (unpaired) electrons. The van der Waals surface area contributed by atoms with Crippen LogP contribution in [0.4, 0.5) is 0 Å². The Labute approximate surface area is 95.9 Å². The molecule has 1 heterocycles. The van der Waals surface area contributed by atoms with Crippen LogP contribution in [-0.4, -0.2) is 9.55 Å². The normalized spacial score (nSPS) is 12.7. The molecule has 84 valence electrons. The molecule has 0 aliphatic carbocycles. The number of nitrogens with zero attached hydrogens (tertiary/aromatic N) is 2. The summed E-state index contributed by atoms with van der Waals surface area (Å²) in [4.78, 5) is 4.18. The highest BCUT2D eigenvalue weighted by molar-refractivity contribution is 5.23. The number of nitrogens with two attached hydrogens (primary N) is 1. The zero-order valence-electron chi connectivity index (χ0n) is 9.72. The monoisotopic (exact) mass is 215 g/mol. The van der Waals surface area contributed by atoms with Gasteiger partial charge in [0.2, 0.25) is 0 Å². The summed E-state index contributed by atoms with van der Waals surface area (Å²) in [6.07, 6.45) is 3.76. The highest BCUT2D eigenvalue weighted by atomic mass is 15.1. The molecule has 0 bridgehead atoms. The zero-order valence-corrected chi connectivity index (χ0v) is 9.72. The van der Waals surface area contributed by atoms with Gasteiger partial charge in [-0.2, -0.15) is 0 Å². The van der Waals surface area contributed by atoms with Crippen LogP contribution in [0.15, 0.2) is 36.7 Å². The molecule has 1 aromatic heterocycles. The minimum atomic E-state index is 0.0218. The molecule has 1 unspecified atom stereocenters. The summed E-state index contributed by atoms with van der Waals surface area (Å²) < 4.78 is 2.07. The van der Waals surface area contributed by atoms with Crippen LogP contribution >= 0.6 is 0 Å². The van der Waals surface area contributed by atoms with E-state index in [1.165, 1.54) is 11.1 Å². The Morgan fingerprint density at radius 1 is 1.25 bits per heavy atom. The average Bonchev–Trinajstić information content (AvgIpc) is 2.65. The lowest BCUT2D eigenvalue weighted by atomic mass is 10.1. The fourth-order valence-corrected chi connectivity index (χ4v) is 1.73. The Bertz CT molecular complexity index is 456. The Kier molecular flexibility index (Phi) is 3.06. The van der Waals surface area contributed by atoms with Gasteiger partial charge >= 0.3 is 0 Å². The molecule has 1 atom stereocenters. The standard InChI is InChI=1S/C13H17N3/c1-10-3-5-12(6-4-10)13(14)9-16-8-7-15-11(16)2/h3-8,13H,9,14H2,1-2H3. The van der Waals surface area contributed by atoms with Crippen LogP contribution in [0.25, 0.3) is 0 Å². The van der Waals surface area contributed by atoms with Crippen LogP contribution in [0.2, 0.25) is 0 Å². The third-order valence-corrected chi connectivity index (χ3v) is 2.82. The van der Waals surface area contributed by atoms with Gasteiger partial charge in [0.25, 0.3) is 0 Å². The van der Waals surface area contributed by atoms with Crippen molar-refractivity contribution in [2.24, 2.45) is 5.73 Å². The molecule has 2 N–H and O–H groups in total. The first kappa shape index (κ1) is 10.9. The highest BCUT2D eigenvalue weighted by Crippen LogP contribution is 2.14. The first-order valence-electron chi connectivity index (χ1n) is 5.46. The Hall–Kier alpha value is -1.61. The molecule has 3 heteroatoms. The predicted molar refractivity (Wildman–Crippen MR) is 65.1 cm³/mol. The van der Waals surface area contributed by atoms with Crippen LogP contribution in [0.1, 0.15) is 23.0 Å². The summed E-state index contributed by atoms with van der Waals surface area (Å²) in [7, 11) is 0. The summed E-state index contributed by atoms with van der Waals surface area (Å²) in [6, 6.07) is 8.39. The molecule has 0 fully saturated rings. The van der Waals surface area contributed by atoms with E-state index < -0.39 is 0 Å². The summed E-state index contributed by atoms with van der Waals surface area (Å²) >= 11 is 0. The maximum absolute atomic E-state index is 6.16. The van der Waals surface area contributed by atoms with Crippen LogP contribution in [0.5, 0.6) is 0 Å². The molecule has 2 aromatic rings. The van der Waals surface area contributed by atoms with Crippen molar-refractivity contribution >= 4 is 0 Å². The minimum absolute atomic E-state index is 0.0218. The fourth-order valence-electron chi connectivity index (χ4n) is 1.73. The second kappa shape index (κ2) is 4.49. The minimum Gasteiger partial charge on any atom is -0.333 e.